The lowest BCUT2D eigenvalue weighted by molar-refractivity contribution is 0.585. The molecule has 1 aliphatic carbocycles. The molecule has 8 heteroatoms. The van der Waals surface area contributed by atoms with Crippen LogP contribution >= 0.6 is 0 Å². The first kappa shape index (κ1) is 17.3. The molecule has 0 aromatic carbocycles. The third kappa shape index (κ3) is 3.04. The minimum Gasteiger partial charge on any atom is -0.348 e. The van der Waals surface area contributed by atoms with E-state index in [9.17, 15) is 0 Å². The molecule has 0 amide bonds. The molecule has 0 spiro atoms. The van der Waals surface area contributed by atoms with Gasteiger partial charge in [-0.05, 0) is 49.5 Å². The number of fused-ring (bicyclic) bond motifs is 2. The highest BCUT2D eigenvalue weighted by Gasteiger charge is 2.23. The van der Waals surface area contributed by atoms with Crippen molar-refractivity contribution >= 4 is 17.2 Å². The van der Waals surface area contributed by atoms with E-state index in [1.165, 1.54) is 18.4 Å². The van der Waals surface area contributed by atoms with Crippen molar-refractivity contribution in [3.63, 3.8) is 0 Å². The Hall–Kier alpha value is -3.55. The van der Waals surface area contributed by atoms with Gasteiger partial charge in [-0.3, -0.25) is 4.40 Å². The van der Waals surface area contributed by atoms with Crippen LogP contribution < -0.4 is 16.2 Å². The van der Waals surface area contributed by atoms with Gasteiger partial charge in [-0.15, -0.1) is 0 Å². The molecule has 4 aromatic rings. The monoisotopic (exact) mass is 398 g/mol. The van der Waals surface area contributed by atoms with E-state index in [2.05, 4.69) is 36.7 Å². The summed E-state index contributed by atoms with van der Waals surface area (Å²) in [6, 6.07) is 5.94. The maximum Gasteiger partial charge on any atom is 0.234 e. The molecule has 1 N–H and O–H groups in total. The van der Waals surface area contributed by atoms with E-state index in [0.717, 1.165) is 46.8 Å². The molecule has 150 valence electrons. The Labute approximate surface area is 173 Å². The van der Waals surface area contributed by atoms with Gasteiger partial charge in [0.05, 0.1) is 18.2 Å². The molecule has 8 nitrogen and oxygen atoms in total. The number of nitrogens with one attached hydrogen (secondary N) is 1. The molecule has 5 heterocycles. The van der Waals surface area contributed by atoms with Gasteiger partial charge < -0.3 is 9.88 Å². The van der Waals surface area contributed by atoms with Gasteiger partial charge in [-0.25, -0.2) is 24.9 Å². The molecule has 0 bridgehead atoms. The van der Waals surface area contributed by atoms with Gasteiger partial charge in [0.15, 0.2) is 5.49 Å². The fraction of sp³-hybridized carbons (Fsp3) is 0.318. The van der Waals surface area contributed by atoms with Crippen LogP contribution in [0.25, 0.3) is 22.6 Å². The third-order valence-electron chi connectivity index (χ3n) is 5.81. The number of hydrogen-bond acceptors (Lipinski definition) is 6. The predicted octanol–water partition coefficient (Wildman–Crippen LogP) is 2.03. The topological polar surface area (TPSA) is 85.3 Å². The highest BCUT2D eigenvalue weighted by molar-refractivity contribution is 5.62. The molecular weight excluding hydrogens is 376 g/mol. The van der Waals surface area contributed by atoms with Gasteiger partial charge in [0.2, 0.25) is 5.78 Å². The Morgan fingerprint density at radius 3 is 2.87 bits per heavy atom. The number of rotatable bonds is 5. The molecule has 1 atom stereocenters. The zero-order valence-electron chi connectivity index (χ0n) is 16.7. The fourth-order valence-corrected chi connectivity index (χ4v) is 4.03. The normalized spacial score (nSPS) is 18.3. The zero-order chi connectivity index (χ0) is 20.1. The second kappa shape index (κ2) is 6.76. The number of imidazole rings is 2. The molecule has 1 unspecified atom stereocenters. The molecule has 0 saturated heterocycles. The van der Waals surface area contributed by atoms with Crippen LogP contribution in [0.15, 0.2) is 54.3 Å². The summed E-state index contributed by atoms with van der Waals surface area (Å²) in [5, 5.41) is 4.51. The van der Waals surface area contributed by atoms with Crippen LogP contribution in [0.5, 0.6) is 0 Å². The first-order valence-corrected chi connectivity index (χ1v) is 10.3. The Balaban J connectivity index is 1.26. The lowest BCUT2D eigenvalue weighted by Gasteiger charge is -2.18. The van der Waals surface area contributed by atoms with Gasteiger partial charge in [0, 0.05) is 37.1 Å². The van der Waals surface area contributed by atoms with Crippen LogP contribution in [-0.2, 0) is 6.54 Å². The molecule has 4 aromatic heterocycles. The van der Waals surface area contributed by atoms with Crippen molar-refractivity contribution < 1.29 is 0 Å². The summed E-state index contributed by atoms with van der Waals surface area (Å²) < 4.78 is 4.17. The number of anilines is 1. The first-order chi connectivity index (χ1) is 14.7. The Bertz CT molecular complexity index is 1340. The molecule has 1 aliphatic heterocycles. The number of pyridine rings is 1. The lowest BCUT2D eigenvalue weighted by atomic mass is 10.1. The molecule has 1 fully saturated rings. The third-order valence-corrected chi connectivity index (χ3v) is 5.81. The van der Waals surface area contributed by atoms with Crippen LogP contribution in [0, 0.1) is 5.92 Å². The maximum absolute atomic E-state index is 4.95. The van der Waals surface area contributed by atoms with Crippen molar-refractivity contribution in [2.45, 2.75) is 38.9 Å². The van der Waals surface area contributed by atoms with Crippen LogP contribution in [0.1, 0.15) is 26.2 Å². The molecular formula is C22H22N8. The SMILES string of the molecule is CC1=c2ncn(CC3CC3)c2=NC(Nc2ccc(-c3cnc4ncccn34)cn2)C1. The lowest BCUT2D eigenvalue weighted by Crippen LogP contribution is -2.40. The highest BCUT2D eigenvalue weighted by Crippen LogP contribution is 2.30. The zero-order valence-corrected chi connectivity index (χ0v) is 16.7. The average molecular weight is 398 g/mol. The number of hydrogen-bond donors (Lipinski definition) is 1. The smallest absolute Gasteiger partial charge is 0.234 e. The fourth-order valence-electron chi connectivity index (χ4n) is 4.03. The summed E-state index contributed by atoms with van der Waals surface area (Å²) >= 11 is 0. The summed E-state index contributed by atoms with van der Waals surface area (Å²) in [6.45, 7) is 3.17. The molecule has 0 radical (unpaired) electrons. The van der Waals surface area contributed by atoms with Crippen molar-refractivity contribution in [3.8, 4) is 11.3 Å². The second-order valence-electron chi connectivity index (χ2n) is 8.15. The van der Waals surface area contributed by atoms with E-state index < -0.39 is 0 Å². The van der Waals surface area contributed by atoms with E-state index in [4.69, 9.17) is 4.99 Å². The molecule has 2 aliphatic rings. The Kier molecular flexibility index (Phi) is 3.90. The van der Waals surface area contributed by atoms with Crippen LogP contribution in [0.2, 0.25) is 0 Å². The second-order valence-corrected chi connectivity index (χ2v) is 8.15. The summed E-state index contributed by atoms with van der Waals surface area (Å²) in [4.78, 5) is 22.8. The molecule has 30 heavy (non-hydrogen) atoms. The number of aromatic nitrogens is 6. The summed E-state index contributed by atoms with van der Waals surface area (Å²) in [5.41, 5.74) is 4.23. The standard InChI is InChI=1S/C22H22N8/c1-14-9-19(28-21-20(14)26-13-29(21)12-15-3-4-15)27-18-6-5-16(10-24-18)17-11-25-22-23-7-2-8-30(17)22/h2,5-8,10-11,13,15,19H,3-4,9,12H2,1H3,(H,24,27). The minimum absolute atomic E-state index is 0.0366. The van der Waals surface area contributed by atoms with E-state index in [1.54, 1.807) is 6.20 Å². The van der Waals surface area contributed by atoms with Crippen LogP contribution in [-0.4, -0.2) is 35.1 Å². The van der Waals surface area contributed by atoms with Gasteiger partial charge in [-0.1, -0.05) is 0 Å². The Morgan fingerprint density at radius 1 is 1.10 bits per heavy atom. The molecule has 1 saturated carbocycles. The summed E-state index contributed by atoms with van der Waals surface area (Å²) in [6.07, 6.45) is 12.7. The van der Waals surface area contributed by atoms with Gasteiger partial charge >= 0.3 is 0 Å². The number of nitrogens with zero attached hydrogens (tertiary/aromatic N) is 7. The largest absolute Gasteiger partial charge is 0.348 e. The predicted molar refractivity (Wildman–Crippen MR) is 113 cm³/mol. The highest BCUT2D eigenvalue weighted by atomic mass is 15.2. The average Bonchev–Trinajstić information content (AvgIpc) is 3.33. The van der Waals surface area contributed by atoms with E-state index >= 15 is 0 Å². The van der Waals surface area contributed by atoms with Crippen molar-refractivity contribution in [1.82, 2.24) is 28.9 Å². The molecule has 6 rings (SSSR count). The van der Waals surface area contributed by atoms with Crippen LogP contribution in [0.4, 0.5) is 5.82 Å². The summed E-state index contributed by atoms with van der Waals surface area (Å²) in [5.74, 6) is 2.28. The van der Waals surface area contributed by atoms with Crippen molar-refractivity contribution in [2.75, 3.05) is 5.32 Å². The van der Waals surface area contributed by atoms with Gasteiger partial charge in [0.1, 0.15) is 17.3 Å². The minimum atomic E-state index is -0.0366. The van der Waals surface area contributed by atoms with Crippen LogP contribution in [0.3, 0.4) is 0 Å². The van der Waals surface area contributed by atoms with E-state index in [0.29, 0.717) is 5.78 Å². The van der Waals surface area contributed by atoms with Crippen molar-refractivity contribution in [1.29, 1.82) is 0 Å². The van der Waals surface area contributed by atoms with Gasteiger partial charge in [0.25, 0.3) is 0 Å². The summed E-state index contributed by atoms with van der Waals surface area (Å²) in [7, 11) is 0. The van der Waals surface area contributed by atoms with E-state index in [-0.39, 0.29) is 6.17 Å². The maximum atomic E-state index is 4.95. The quantitative estimate of drug-likeness (QED) is 0.556. The Morgan fingerprint density at radius 2 is 2.03 bits per heavy atom. The van der Waals surface area contributed by atoms with Gasteiger partial charge in [-0.2, -0.15) is 0 Å². The first-order valence-electron chi connectivity index (χ1n) is 10.3. The van der Waals surface area contributed by atoms with Crippen molar-refractivity contribution in [2.24, 2.45) is 10.9 Å². The van der Waals surface area contributed by atoms with Crippen molar-refractivity contribution in [3.05, 3.63) is 60.2 Å². The van der Waals surface area contributed by atoms with E-state index in [1.807, 2.05) is 47.5 Å².